The molecule has 2 aromatic rings. The van der Waals surface area contributed by atoms with Crippen LogP contribution < -0.4 is 5.73 Å². The molecular formula is C19H14Cl2N2O5S2. The second-order valence-electron chi connectivity index (χ2n) is 6.24. The van der Waals surface area contributed by atoms with Crippen molar-refractivity contribution in [1.82, 2.24) is 4.90 Å². The minimum Gasteiger partial charge on any atom is -0.480 e. The van der Waals surface area contributed by atoms with E-state index in [0.29, 0.717) is 27.1 Å². The number of hydrogen-bond donors (Lipinski definition) is 2. The minimum absolute atomic E-state index is 0.0828. The van der Waals surface area contributed by atoms with Gasteiger partial charge in [0.05, 0.1) is 15.0 Å². The summed E-state index contributed by atoms with van der Waals surface area (Å²) in [5.41, 5.74) is 5.80. The fourth-order valence-electron chi connectivity index (χ4n) is 2.75. The Hall–Kier alpha value is -2.33. The van der Waals surface area contributed by atoms with E-state index in [4.69, 9.17) is 45.6 Å². The summed E-state index contributed by atoms with van der Waals surface area (Å²) < 4.78 is 5.83. The average molecular weight is 485 g/mol. The molecule has 1 saturated heterocycles. The summed E-state index contributed by atoms with van der Waals surface area (Å²) in [5, 5.41) is 10.3. The van der Waals surface area contributed by atoms with Gasteiger partial charge < -0.3 is 15.3 Å². The van der Waals surface area contributed by atoms with E-state index < -0.39 is 23.8 Å². The van der Waals surface area contributed by atoms with Crippen LogP contribution in [-0.2, 0) is 14.4 Å². The lowest BCUT2D eigenvalue weighted by Crippen LogP contribution is -2.44. The molecule has 3 N–H and O–H groups in total. The lowest BCUT2D eigenvalue weighted by atomic mass is 10.1. The zero-order chi connectivity index (χ0) is 22.0. The number of nitrogens with two attached hydrogens (primary N) is 1. The number of thiocarbonyl (C=S) groups is 1. The molecule has 1 fully saturated rings. The number of rotatable bonds is 7. The number of nitrogens with zero attached hydrogens (tertiary/aromatic N) is 1. The zero-order valence-electron chi connectivity index (χ0n) is 15.1. The van der Waals surface area contributed by atoms with Crippen LogP contribution in [-0.4, -0.2) is 38.2 Å². The molecule has 1 aromatic heterocycles. The molecule has 30 heavy (non-hydrogen) atoms. The van der Waals surface area contributed by atoms with Crippen LogP contribution >= 0.6 is 47.2 Å². The Balaban J connectivity index is 1.83. The van der Waals surface area contributed by atoms with Crippen LogP contribution in [0.3, 0.4) is 0 Å². The summed E-state index contributed by atoms with van der Waals surface area (Å²) in [6, 6.07) is 7.13. The van der Waals surface area contributed by atoms with Crippen molar-refractivity contribution >= 4 is 75.4 Å². The highest BCUT2D eigenvalue weighted by Gasteiger charge is 2.40. The van der Waals surface area contributed by atoms with Crippen molar-refractivity contribution in [2.24, 2.45) is 5.73 Å². The molecule has 0 radical (unpaired) electrons. The van der Waals surface area contributed by atoms with E-state index >= 15 is 0 Å². The summed E-state index contributed by atoms with van der Waals surface area (Å²) in [5.74, 6) is -1.61. The molecular weight excluding hydrogens is 471 g/mol. The molecule has 3 rings (SSSR count). The summed E-state index contributed by atoms with van der Waals surface area (Å²) in [6.45, 7) is 0. The monoisotopic (exact) mass is 484 g/mol. The second kappa shape index (κ2) is 9.22. The van der Waals surface area contributed by atoms with Gasteiger partial charge in [-0.1, -0.05) is 47.2 Å². The van der Waals surface area contributed by atoms with Gasteiger partial charge in [-0.15, -0.1) is 0 Å². The smallest absolute Gasteiger partial charge is 0.326 e. The number of aliphatic carboxylic acids is 1. The molecule has 156 valence electrons. The molecule has 0 bridgehead atoms. The zero-order valence-corrected chi connectivity index (χ0v) is 18.3. The van der Waals surface area contributed by atoms with E-state index in [2.05, 4.69) is 0 Å². The van der Waals surface area contributed by atoms with E-state index in [0.717, 1.165) is 16.7 Å². The summed E-state index contributed by atoms with van der Waals surface area (Å²) in [4.78, 5) is 36.6. The predicted octanol–water partition coefficient (Wildman–Crippen LogP) is 4.17. The Labute approximate surface area is 190 Å². The fourth-order valence-corrected chi connectivity index (χ4v) is 4.39. The molecule has 7 nitrogen and oxygen atoms in total. The Morgan fingerprint density at radius 1 is 1.27 bits per heavy atom. The number of benzene rings is 1. The van der Waals surface area contributed by atoms with E-state index in [1.165, 1.54) is 6.08 Å². The maximum Gasteiger partial charge on any atom is 0.326 e. The van der Waals surface area contributed by atoms with Crippen LogP contribution in [0.5, 0.6) is 0 Å². The molecule has 1 aliphatic rings. The summed E-state index contributed by atoms with van der Waals surface area (Å²) in [7, 11) is 0. The number of carboxylic acids is 1. The first-order valence-electron chi connectivity index (χ1n) is 8.51. The van der Waals surface area contributed by atoms with Crippen LogP contribution in [0, 0.1) is 0 Å². The molecule has 2 heterocycles. The number of halogens is 2. The predicted molar refractivity (Wildman–Crippen MR) is 119 cm³/mol. The highest BCUT2D eigenvalue weighted by Crippen LogP contribution is 2.36. The molecule has 0 aliphatic carbocycles. The van der Waals surface area contributed by atoms with Crippen molar-refractivity contribution in [2.45, 2.75) is 18.9 Å². The standard InChI is InChI=1S/C19H14Cl2N2O5S2/c20-11-3-1-9(7-12(11)21)14-5-2-10(28-14)8-15-17(25)23(19(29)30-15)13(18(26)27)4-6-16(22)24/h1-3,5,7-8,13H,4,6H2,(H2,22,24)(H,26,27)/b15-8+. The van der Waals surface area contributed by atoms with Gasteiger partial charge in [-0.2, -0.15) is 0 Å². The second-order valence-corrected chi connectivity index (χ2v) is 8.73. The Morgan fingerprint density at radius 3 is 2.63 bits per heavy atom. The molecule has 11 heteroatoms. The first-order valence-corrected chi connectivity index (χ1v) is 10.5. The topological polar surface area (TPSA) is 114 Å². The molecule has 0 saturated carbocycles. The molecule has 2 amide bonds. The fraction of sp³-hybridized carbons (Fsp3) is 0.158. The molecule has 1 aliphatic heterocycles. The lowest BCUT2D eigenvalue weighted by Gasteiger charge is -2.22. The number of furan rings is 1. The van der Waals surface area contributed by atoms with Gasteiger partial charge in [0.2, 0.25) is 5.91 Å². The third-order valence-electron chi connectivity index (χ3n) is 4.19. The van der Waals surface area contributed by atoms with Gasteiger partial charge in [-0.3, -0.25) is 14.5 Å². The largest absolute Gasteiger partial charge is 0.480 e. The highest BCUT2D eigenvalue weighted by atomic mass is 35.5. The van der Waals surface area contributed by atoms with Crippen LogP contribution in [0.4, 0.5) is 0 Å². The van der Waals surface area contributed by atoms with Crippen LogP contribution in [0.15, 0.2) is 39.7 Å². The third kappa shape index (κ3) is 4.86. The highest BCUT2D eigenvalue weighted by molar-refractivity contribution is 8.26. The Kier molecular flexibility index (Phi) is 6.87. The van der Waals surface area contributed by atoms with E-state index in [1.54, 1.807) is 30.3 Å². The van der Waals surface area contributed by atoms with Gasteiger partial charge in [0.1, 0.15) is 21.9 Å². The Morgan fingerprint density at radius 2 is 2.00 bits per heavy atom. The van der Waals surface area contributed by atoms with Crippen molar-refractivity contribution in [3.8, 4) is 11.3 Å². The summed E-state index contributed by atoms with van der Waals surface area (Å²) >= 11 is 18.1. The number of amides is 2. The van der Waals surface area contributed by atoms with Gasteiger partial charge in [-0.25, -0.2) is 4.79 Å². The van der Waals surface area contributed by atoms with Crippen molar-refractivity contribution in [3.05, 3.63) is 51.0 Å². The minimum atomic E-state index is -1.28. The number of thioether (sulfide) groups is 1. The SMILES string of the molecule is NC(=O)CCC(C(=O)O)N1C(=O)/C(=C\c2ccc(-c3ccc(Cl)c(Cl)c3)o2)SC1=S. The van der Waals surface area contributed by atoms with Gasteiger partial charge in [-0.05, 0) is 36.8 Å². The average Bonchev–Trinajstić information content (AvgIpc) is 3.24. The Bertz CT molecular complexity index is 1080. The first-order chi connectivity index (χ1) is 14.2. The molecule has 1 aromatic carbocycles. The van der Waals surface area contributed by atoms with Gasteiger partial charge in [0.15, 0.2) is 0 Å². The number of hydrogen-bond acceptors (Lipinski definition) is 6. The lowest BCUT2D eigenvalue weighted by molar-refractivity contribution is -0.145. The van der Waals surface area contributed by atoms with Gasteiger partial charge in [0, 0.05) is 18.1 Å². The number of primary amides is 1. The molecule has 1 unspecified atom stereocenters. The number of carbonyl (C=O) groups is 3. The number of carboxylic acid groups (broad SMARTS) is 1. The van der Waals surface area contributed by atoms with Crippen LogP contribution in [0.25, 0.3) is 17.4 Å². The summed E-state index contributed by atoms with van der Waals surface area (Å²) in [6.07, 6.45) is 1.16. The van der Waals surface area contributed by atoms with Crippen LogP contribution in [0.2, 0.25) is 10.0 Å². The molecule has 1 atom stereocenters. The van der Waals surface area contributed by atoms with Crippen molar-refractivity contribution in [1.29, 1.82) is 0 Å². The van der Waals surface area contributed by atoms with Crippen molar-refractivity contribution < 1.29 is 23.9 Å². The maximum absolute atomic E-state index is 12.8. The number of carbonyl (C=O) groups excluding carboxylic acids is 2. The van der Waals surface area contributed by atoms with Crippen molar-refractivity contribution in [2.75, 3.05) is 0 Å². The quantitative estimate of drug-likeness (QED) is 0.447. The van der Waals surface area contributed by atoms with Crippen LogP contribution in [0.1, 0.15) is 18.6 Å². The van der Waals surface area contributed by atoms with Crippen molar-refractivity contribution in [3.63, 3.8) is 0 Å². The van der Waals surface area contributed by atoms with E-state index in [-0.39, 0.29) is 22.1 Å². The van der Waals surface area contributed by atoms with E-state index in [9.17, 15) is 19.5 Å². The molecule has 0 spiro atoms. The normalized spacial score (nSPS) is 16.3. The maximum atomic E-state index is 12.8. The van der Waals surface area contributed by atoms with Gasteiger partial charge in [0.25, 0.3) is 5.91 Å². The van der Waals surface area contributed by atoms with Gasteiger partial charge >= 0.3 is 5.97 Å². The first kappa shape index (κ1) is 22.4. The van der Waals surface area contributed by atoms with E-state index in [1.807, 2.05) is 0 Å². The third-order valence-corrected chi connectivity index (χ3v) is 6.26.